The van der Waals surface area contributed by atoms with E-state index in [-0.39, 0.29) is 0 Å². The van der Waals surface area contributed by atoms with Crippen molar-refractivity contribution in [2.75, 3.05) is 13.2 Å². The number of ether oxygens (including phenoxy) is 1. The molecule has 2 aromatic rings. The van der Waals surface area contributed by atoms with Gasteiger partial charge in [-0.05, 0) is 24.2 Å². The Balaban J connectivity index is 1.68. The van der Waals surface area contributed by atoms with Crippen LogP contribution in [0, 0.1) is 0 Å². The maximum atomic E-state index is 5.66. The number of benzene rings is 1. The highest BCUT2D eigenvalue weighted by Crippen LogP contribution is 2.17. The molecule has 0 radical (unpaired) electrons. The molecule has 1 N–H and O–H groups in total. The molecule has 0 aliphatic rings. The molecule has 0 saturated heterocycles. The molecule has 3 heteroatoms. The molecule has 106 valence electrons. The van der Waals surface area contributed by atoms with Crippen molar-refractivity contribution in [3.63, 3.8) is 0 Å². The Morgan fingerprint density at radius 3 is 2.70 bits per heavy atom. The second kappa shape index (κ2) is 8.69. The normalized spacial score (nSPS) is 11.2. The molecule has 0 fully saturated rings. The lowest BCUT2D eigenvalue weighted by molar-refractivity contribution is 0.151. The van der Waals surface area contributed by atoms with Crippen LogP contribution in [0.25, 0.3) is 6.08 Å². The molecule has 2 rings (SSSR count). The fraction of sp³-hybridized carbons (Fsp3) is 0.294. The molecule has 0 aliphatic carbocycles. The minimum absolute atomic E-state index is 0.648. The maximum Gasteiger partial charge on any atom is 0.0813 e. The molecule has 0 saturated carbocycles. The quantitative estimate of drug-likeness (QED) is 0.738. The van der Waals surface area contributed by atoms with Crippen LogP contribution in [-0.4, -0.2) is 13.2 Å². The first kappa shape index (κ1) is 15.0. The molecule has 20 heavy (non-hydrogen) atoms. The summed E-state index contributed by atoms with van der Waals surface area (Å²) in [6, 6.07) is 14.6. The van der Waals surface area contributed by atoms with Crippen LogP contribution in [0.15, 0.2) is 48.5 Å². The van der Waals surface area contributed by atoms with Gasteiger partial charge in [-0.3, -0.25) is 0 Å². The second-order valence-corrected chi connectivity index (χ2v) is 5.73. The molecule has 0 bridgehead atoms. The summed E-state index contributed by atoms with van der Waals surface area (Å²) in [4.78, 5) is 2.65. The van der Waals surface area contributed by atoms with Crippen LogP contribution in [0.1, 0.15) is 22.2 Å². The van der Waals surface area contributed by atoms with Gasteiger partial charge in [0.15, 0.2) is 0 Å². The van der Waals surface area contributed by atoms with Crippen molar-refractivity contribution in [3.05, 3.63) is 63.9 Å². The Bertz CT molecular complexity index is 519. The first-order valence-electron chi connectivity index (χ1n) is 6.96. The van der Waals surface area contributed by atoms with Crippen LogP contribution in [0.4, 0.5) is 0 Å². The Labute approximate surface area is 125 Å². The van der Waals surface area contributed by atoms with Crippen LogP contribution in [0.3, 0.4) is 0 Å². The molecule has 1 heterocycles. The summed E-state index contributed by atoms with van der Waals surface area (Å²) in [5, 5.41) is 3.33. The fourth-order valence-electron chi connectivity index (χ4n) is 1.82. The van der Waals surface area contributed by atoms with Crippen molar-refractivity contribution in [2.24, 2.45) is 0 Å². The van der Waals surface area contributed by atoms with Gasteiger partial charge in [0.1, 0.15) is 0 Å². The van der Waals surface area contributed by atoms with Crippen molar-refractivity contribution in [1.29, 1.82) is 0 Å². The van der Waals surface area contributed by atoms with Gasteiger partial charge in [0.2, 0.25) is 0 Å². The van der Waals surface area contributed by atoms with E-state index in [1.807, 2.05) is 29.5 Å². The summed E-state index contributed by atoms with van der Waals surface area (Å²) in [6.45, 7) is 5.42. The topological polar surface area (TPSA) is 21.3 Å². The van der Waals surface area contributed by atoms with E-state index in [1.165, 1.54) is 15.3 Å². The highest BCUT2D eigenvalue weighted by atomic mass is 32.1. The summed E-state index contributed by atoms with van der Waals surface area (Å²) >= 11 is 1.82. The average Bonchev–Trinajstić information content (AvgIpc) is 2.94. The molecule has 1 aromatic carbocycles. The first-order valence-corrected chi connectivity index (χ1v) is 7.78. The van der Waals surface area contributed by atoms with E-state index >= 15 is 0 Å². The van der Waals surface area contributed by atoms with Crippen molar-refractivity contribution in [1.82, 2.24) is 5.32 Å². The summed E-state index contributed by atoms with van der Waals surface area (Å²) in [5.74, 6) is 0. The average molecular weight is 287 g/mol. The zero-order chi connectivity index (χ0) is 14.0. The van der Waals surface area contributed by atoms with Crippen LogP contribution >= 0.6 is 11.3 Å². The molecular formula is C17H21NOS. The highest BCUT2D eigenvalue weighted by Gasteiger charge is 1.99. The lowest BCUT2D eigenvalue weighted by atomic mass is 10.2. The van der Waals surface area contributed by atoms with Crippen LogP contribution in [-0.2, 0) is 17.9 Å². The number of thiophene rings is 1. The Hall–Kier alpha value is -1.42. The zero-order valence-corrected chi connectivity index (χ0v) is 12.7. The monoisotopic (exact) mass is 287 g/mol. The molecule has 0 amide bonds. The molecule has 0 spiro atoms. The third kappa shape index (κ3) is 5.29. The van der Waals surface area contributed by atoms with Crippen molar-refractivity contribution in [2.45, 2.75) is 20.1 Å². The molecule has 1 aromatic heterocycles. The molecule has 0 aliphatic heterocycles. The van der Waals surface area contributed by atoms with E-state index in [2.05, 4.69) is 48.7 Å². The van der Waals surface area contributed by atoms with E-state index in [0.717, 1.165) is 13.1 Å². The summed E-state index contributed by atoms with van der Waals surface area (Å²) in [5.41, 5.74) is 1.21. The smallest absolute Gasteiger partial charge is 0.0813 e. The van der Waals surface area contributed by atoms with Crippen LogP contribution < -0.4 is 5.32 Å². The minimum Gasteiger partial charge on any atom is -0.372 e. The van der Waals surface area contributed by atoms with E-state index in [1.54, 1.807) is 0 Å². The predicted octanol–water partition coefficient (Wildman–Crippen LogP) is 4.09. The van der Waals surface area contributed by atoms with E-state index in [9.17, 15) is 0 Å². The van der Waals surface area contributed by atoms with E-state index in [4.69, 9.17) is 4.74 Å². The molecular weight excluding hydrogens is 266 g/mol. The first-order chi connectivity index (χ1) is 9.88. The largest absolute Gasteiger partial charge is 0.372 e. The maximum absolute atomic E-state index is 5.66. The fourth-order valence-corrected chi connectivity index (χ4v) is 2.74. The Morgan fingerprint density at radius 1 is 1.10 bits per heavy atom. The van der Waals surface area contributed by atoms with Crippen molar-refractivity contribution >= 4 is 17.4 Å². The number of nitrogens with one attached hydrogen (secondary N) is 1. The standard InChI is InChI=1S/C17H21NOS/c1-2-18-13-16-10-11-17(20-16)14-19-12-6-9-15-7-4-3-5-8-15/h3-11,18H,2,12-14H2,1H3/b9-6+. The van der Waals surface area contributed by atoms with Crippen molar-refractivity contribution in [3.8, 4) is 0 Å². The summed E-state index contributed by atoms with van der Waals surface area (Å²) < 4.78 is 5.66. The third-order valence-corrected chi connectivity index (χ3v) is 3.89. The van der Waals surface area contributed by atoms with Gasteiger partial charge in [-0.25, -0.2) is 0 Å². The van der Waals surface area contributed by atoms with Gasteiger partial charge in [0.05, 0.1) is 13.2 Å². The predicted molar refractivity (Wildman–Crippen MR) is 86.8 cm³/mol. The van der Waals surface area contributed by atoms with E-state index in [0.29, 0.717) is 13.2 Å². The van der Waals surface area contributed by atoms with Crippen molar-refractivity contribution < 1.29 is 4.74 Å². The number of hydrogen-bond donors (Lipinski definition) is 1. The number of hydrogen-bond acceptors (Lipinski definition) is 3. The van der Waals surface area contributed by atoms with Crippen LogP contribution in [0.5, 0.6) is 0 Å². The van der Waals surface area contributed by atoms with Gasteiger partial charge >= 0.3 is 0 Å². The molecule has 0 atom stereocenters. The van der Waals surface area contributed by atoms with Gasteiger partial charge < -0.3 is 10.1 Å². The molecule has 2 nitrogen and oxygen atoms in total. The lowest BCUT2D eigenvalue weighted by Crippen LogP contribution is -2.10. The Kier molecular flexibility index (Phi) is 6.51. The number of rotatable bonds is 8. The summed E-state index contributed by atoms with van der Waals surface area (Å²) in [7, 11) is 0. The zero-order valence-electron chi connectivity index (χ0n) is 11.8. The molecule has 0 unspecified atom stereocenters. The SMILES string of the molecule is CCNCc1ccc(COC/C=C/c2ccccc2)s1. The van der Waals surface area contributed by atoms with Gasteiger partial charge in [0.25, 0.3) is 0 Å². The summed E-state index contributed by atoms with van der Waals surface area (Å²) in [6.07, 6.45) is 4.15. The third-order valence-electron chi connectivity index (χ3n) is 2.83. The van der Waals surface area contributed by atoms with E-state index < -0.39 is 0 Å². The minimum atomic E-state index is 0.648. The van der Waals surface area contributed by atoms with Gasteiger partial charge in [-0.2, -0.15) is 0 Å². The Morgan fingerprint density at radius 2 is 1.90 bits per heavy atom. The lowest BCUT2D eigenvalue weighted by Gasteiger charge is -1.99. The second-order valence-electron chi connectivity index (χ2n) is 4.48. The van der Waals surface area contributed by atoms with Gasteiger partial charge in [-0.15, -0.1) is 11.3 Å². The highest BCUT2D eigenvalue weighted by molar-refractivity contribution is 7.11. The van der Waals surface area contributed by atoms with Gasteiger partial charge in [-0.1, -0.05) is 49.4 Å². The van der Waals surface area contributed by atoms with Crippen LogP contribution in [0.2, 0.25) is 0 Å². The van der Waals surface area contributed by atoms with Gasteiger partial charge in [0, 0.05) is 16.3 Å².